The van der Waals surface area contributed by atoms with Gasteiger partial charge in [0.25, 0.3) is 5.91 Å². The van der Waals surface area contributed by atoms with Gasteiger partial charge >= 0.3 is 6.03 Å². The second-order valence-corrected chi connectivity index (χ2v) is 7.55. The Morgan fingerprint density at radius 2 is 2.00 bits per heavy atom. The number of urea groups is 1. The molecule has 1 atom stereocenters. The molecule has 1 saturated heterocycles. The molecule has 1 aliphatic carbocycles. The number of hydrogen-bond acceptors (Lipinski definition) is 3. The van der Waals surface area contributed by atoms with Crippen molar-refractivity contribution in [2.45, 2.75) is 83.7 Å². The van der Waals surface area contributed by atoms with E-state index in [1.807, 2.05) is 6.92 Å². The molecule has 136 valence electrons. The van der Waals surface area contributed by atoms with Gasteiger partial charge in [0, 0.05) is 6.04 Å². The van der Waals surface area contributed by atoms with E-state index in [1.54, 1.807) is 0 Å². The first-order valence-corrected chi connectivity index (χ1v) is 9.31. The number of nitrogens with one attached hydrogen (secondary N) is 2. The number of unbranched alkanes of at least 4 members (excludes halogenated alkanes) is 2. The predicted octanol–water partition coefficient (Wildman–Crippen LogP) is 2.57. The number of hydrogen-bond donors (Lipinski definition) is 2. The van der Waals surface area contributed by atoms with E-state index in [2.05, 4.69) is 24.5 Å². The van der Waals surface area contributed by atoms with Crippen LogP contribution in [0.25, 0.3) is 0 Å². The highest BCUT2D eigenvalue weighted by atomic mass is 16.2. The van der Waals surface area contributed by atoms with Gasteiger partial charge in [-0.15, -0.1) is 0 Å². The molecule has 2 rings (SSSR count). The van der Waals surface area contributed by atoms with Gasteiger partial charge < -0.3 is 10.6 Å². The van der Waals surface area contributed by atoms with E-state index in [0.717, 1.165) is 43.4 Å². The SMILES string of the molecule is CCCCCC(C)NC(=O)CN1C(=O)NC2(CCC(C)CC2)C1=O. The summed E-state index contributed by atoms with van der Waals surface area (Å²) in [5.41, 5.74) is -0.767. The molecule has 0 radical (unpaired) electrons. The van der Waals surface area contributed by atoms with Crippen LogP contribution in [0.15, 0.2) is 0 Å². The molecular formula is C18H31N3O3. The monoisotopic (exact) mass is 337 g/mol. The number of carbonyl (C=O) groups is 3. The van der Waals surface area contributed by atoms with Crippen LogP contribution in [0.3, 0.4) is 0 Å². The van der Waals surface area contributed by atoms with Crippen molar-refractivity contribution >= 4 is 17.8 Å². The molecule has 0 aromatic heterocycles. The van der Waals surface area contributed by atoms with E-state index >= 15 is 0 Å². The summed E-state index contributed by atoms with van der Waals surface area (Å²) >= 11 is 0. The third-order valence-corrected chi connectivity index (χ3v) is 5.32. The molecule has 4 amide bonds. The van der Waals surface area contributed by atoms with Gasteiger partial charge in [0.2, 0.25) is 5.91 Å². The Labute approximate surface area is 144 Å². The van der Waals surface area contributed by atoms with Gasteiger partial charge in [-0.1, -0.05) is 33.1 Å². The average molecular weight is 337 g/mol. The van der Waals surface area contributed by atoms with Crippen LogP contribution in [0.5, 0.6) is 0 Å². The Morgan fingerprint density at radius 1 is 1.33 bits per heavy atom. The quantitative estimate of drug-likeness (QED) is 0.553. The minimum atomic E-state index is -0.767. The molecule has 1 spiro atoms. The molecule has 0 aromatic carbocycles. The van der Waals surface area contributed by atoms with Crippen molar-refractivity contribution < 1.29 is 14.4 Å². The van der Waals surface area contributed by atoms with Crippen molar-refractivity contribution in [2.75, 3.05) is 6.54 Å². The van der Waals surface area contributed by atoms with Crippen molar-refractivity contribution in [3.8, 4) is 0 Å². The highest BCUT2D eigenvalue weighted by molar-refractivity contribution is 6.09. The topological polar surface area (TPSA) is 78.5 Å². The van der Waals surface area contributed by atoms with Crippen molar-refractivity contribution in [3.05, 3.63) is 0 Å². The van der Waals surface area contributed by atoms with E-state index in [-0.39, 0.29) is 24.4 Å². The molecule has 1 unspecified atom stereocenters. The summed E-state index contributed by atoms with van der Waals surface area (Å²) in [7, 11) is 0. The van der Waals surface area contributed by atoms with Crippen molar-refractivity contribution in [1.82, 2.24) is 15.5 Å². The normalized spacial score (nSPS) is 28.1. The fourth-order valence-electron chi connectivity index (χ4n) is 3.65. The van der Waals surface area contributed by atoms with Gasteiger partial charge in [-0.05, 0) is 44.9 Å². The van der Waals surface area contributed by atoms with Crippen LogP contribution in [0.4, 0.5) is 4.79 Å². The molecular weight excluding hydrogens is 306 g/mol. The molecule has 1 saturated carbocycles. The maximum absolute atomic E-state index is 12.7. The smallest absolute Gasteiger partial charge is 0.325 e. The lowest BCUT2D eigenvalue weighted by atomic mass is 9.77. The van der Waals surface area contributed by atoms with Gasteiger partial charge in [0.05, 0.1) is 0 Å². The highest BCUT2D eigenvalue weighted by Crippen LogP contribution is 2.36. The zero-order valence-electron chi connectivity index (χ0n) is 15.2. The fraction of sp³-hybridized carbons (Fsp3) is 0.833. The lowest BCUT2D eigenvalue weighted by Gasteiger charge is -2.33. The Hall–Kier alpha value is -1.59. The van der Waals surface area contributed by atoms with E-state index in [0.29, 0.717) is 18.8 Å². The number of amides is 4. The molecule has 1 aliphatic heterocycles. The minimum absolute atomic E-state index is 0.0642. The molecule has 1 heterocycles. The zero-order valence-corrected chi connectivity index (χ0v) is 15.2. The first kappa shape index (κ1) is 18.7. The molecule has 24 heavy (non-hydrogen) atoms. The molecule has 6 nitrogen and oxygen atoms in total. The van der Waals surface area contributed by atoms with Gasteiger partial charge in [-0.3, -0.25) is 14.5 Å². The van der Waals surface area contributed by atoms with Crippen LogP contribution in [0.2, 0.25) is 0 Å². The van der Waals surface area contributed by atoms with Crippen LogP contribution >= 0.6 is 0 Å². The van der Waals surface area contributed by atoms with E-state index in [4.69, 9.17) is 0 Å². The number of carbonyl (C=O) groups excluding carboxylic acids is 3. The first-order valence-electron chi connectivity index (χ1n) is 9.31. The van der Waals surface area contributed by atoms with E-state index in [9.17, 15) is 14.4 Å². The maximum atomic E-state index is 12.7. The number of nitrogens with zero attached hydrogens (tertiary/aromatic N) is 1. The highest BCUT2D eigenvalue weighted by Gasteiger charge is 2.52. The molecule has 2 fully saturated rings. The van der Waals surface area contributed by atoms with Crippen LogP contribution in [0.1, 0.15) is 72.1 Å². The predicted molar refractivity (Wildman–Crippen MR) is 92.4 cm³/mol. The largest absolute Gasteiger partial charge is 0.352 e. The van der Waals surface area contributed by atoms with Crippen molar-refractivity contribution in [2.24, 2.45) is 5.92 Å². The Balaban J connectivity index is 1.87. The van der Waals surface area contributed by atoms with Crippen molar-refractivity contribution in [3.63, 3.8) is 0 Å². The third kappa shape index (κ3) is 4.28. The first-order chi connectivity index (χ1) is 11.4. The molecule has 0 aromatic rings. The summed E-state index contributed by atoms with van der Waals surface area (Å²) in [4.78, 5) is 38.1. The van der Waals surface area contributed by atoms with Gasteiger partial charge in [0.15, 0.2) is 0 Å². The Bertz CT molecular complexity index is 484. The number of rotatable bonds is 7. The van der Waals surface area contributed by atoms with Gasteiger partial charge in [-0.25, -0.2) is 4.79 Å². The fourth-order valence-corrected chi connectivity index (χ4v) is 3.65. The van der Waals surface area contributed by atoms with E-state index in [1.165, 1.54) is 0 Å². The third-order valence-electron chi connectivity index (χ3n) is 5.32. The standard InChI is InChI=1S/C18H31N3O3/c1-4-5-6-7-14(3)19-15(22)12-21-16(23)18(20-17(21)24)10-8-13(2)9-11-18/h13-14H,4-12H2,1-3H3,(H,19,22)(H,20,24). The summed E-state index contributed by atoms with van der Waals surface area (Å²) in [6.45, 7) is 6.09. The summed E-state index contributed by atoms with van der Waals surface area (Å²) in [6.07, 6.45) is 7.48. The van der Waals surface area contributed by atoms with Gasteiger partial charge in [-0.2, -0.15) is 0 Å². The van der Waals surface area contributed by atoms with Crippen molar-refractivity contribution in [1.29, 1.82) is 0 Å². The Kier molecular flexibility index (Phi) is 6.24. The van der Waals surface area contributed by atoms with Crippen LogP contribution < -0.4 is 10.6 Å². The summed E-state index contributed by atoms with van der Waals surface area (Å²) in [5.74, 6) is 0.0959. The molecule has 2 aliphatic rings. The average Bonchev–Trinajstić information content (AvgIpc) is 2.75. The minimum Gasteiger partial charge on any atom is -0.352 e. The summed E-state index contributed by atoms with van der Waals surface area (Å²) in [6, 6.07) is -0.363. The zero-order chi connectivity index (χ0) is 17.7. The van der Waals surface area contributed by atoms with E-state index < -0.39 is 11.6 Å². The maximum Gasteiger partial charge on any atom is 0.325 e. The second kappa shape index (κ2) is 7.99. The second-order valence-electron chi connectivity index (χ2n) is 7.55. The van der Waals surface area contributed by atoms with Crippen LogP contribution in [0, 0.1) is 5.92 Å². The number of imide groups is 1. The summed E-state index contributed by atoms with van der Waals surface area (Å²) < 4.78 is 0. The molecule has 2 N–H and O–H groups in total. The summed E-state index contributed by atoms with van der Waals surface area (Å²) in [5, 5.41) is 5.74. The van der Waals surface area contributed by atoms with Crippen LogP contribution in [-0.2, 0) is 9.59 Å². The van der Waals surface area contributed by atoms with Crippen LogP contribution in [-0.4, -0.2) is 40.9 Å². The molecule has 0 bridgehead atoms. The Morgan fingerprint density at radius 3 is 2.62 bits per heavy atom. The lowest BCUT2D eigenvalue weighted by molar-refractivity contribution is -0.136. The molecule has 6 heteroatoms. The lowest BCUT2D eigenvalue weighted by Crippen LogP contribution is -2.50. The van der Waals surface area contributed by atoms with Gasteiger partial charge in [0.1, 0.15) is 12.1 Å².